The van der Waals surface area contributed by atoms with Gasteiger partial charge in [-0.3, -0.25) is 9.69 Å². The predicted molar refractivity (Wildman–Crippen MR) is 116 cm³/mol. The number of piperazine rings is 1. The van der Waals surface area contributed by atoms with Crippen molar-refractivity contribution in [2.75, 3.05) is 37.6 Å². The Balaban J connectivity index is 1.37. The Morgan fingerprint density at radius 3 is 2.50 bits per heavy atom. The highest BCUT2D eigenvalue weighted by Crippen LogP contribution is 2.27. The minimum Gasteiger partial charge on any atom is -0.367 e. The molecule has 1 saturated heterocycles. The van der Waals surface area contributed by atoms with Crippen molar-refractivity contribution in [1.82, 2.24) is 9.88 Å². The van der Waals surface area contributed by atoms with E-state index in [1.165, 1.54) is 17.4 Å². The van der Waals surface area contributed by atoms with E-state index in [2.05, 4.69) is 11.1 Å². The lowest BCUT2D eigenvalue weighted by molar-refractivity contribution is -0.120. The number of para-hydroxylation sites is 1. The first kappa shape index (κ1) is 20.2. The Morgan fingerprint density at radius 2 is 1.80 bits per heavy atom. The second kappa shape index (κ2) is 9.16. The van der Waals surface area contributed by atoms with Gasteiger partial charge in [-0.05, 0) is 12.1 Å². The molecule has 152 valence electrons. The van der Waals surface area contributed by atoms with Crippen LogP contribution in [0.3, 0.4) is 0 Å². The average molecular weight is 421 g/mol. The Morgan fingerprint density at radius 1 is 1.10 bits per heavy atom. The number of nitriles is 1. The summed E-state index contributed by atoms with van der Waals surface area (Å²) in [5.41, 5.74) is 2.34. The Hall–Kier alpha value is -3.08. The summed E-state index contributed by atoms with van der Waals surface area (Å²) < 4.78 is 14.0. The van der Waals surface area contributed by atoms with Crippen LogP contribution in [0.4, 0.5) is 10.1 Å². The molecule has 2 heterocycles. The topological polar surface area (TPSA) is 60.2 Å². The summed E-state index contributed by atoms with van der Waals surface area (Å²) in [7, 11) is 0. The number of benzene rings is 2. The average Bonchev–Trinajstić information content (AvgIpc) is 3.26. The maximum atomic E-state index is 14.0. The third-order valence-corrected chi connectivity index (χ3v) is 6.14. The summed E-state index contributed by atoms with van der Waals surface area (Å²) in [5.74, 6) is -1.24. The molecule has 30 heavy (non-hydrogen) atoms. The van der Waals surface area contributed by atoms with Crippen LogP contribution in [0.2, 0.25) is 0 Å². The standard InChI is InChI=1S/C23H21FN4OS/c24-19-8-4-5-9-21(19)28-12-10-27(11-13-28)15-22(29)18(14-25)23-26-20(16-30-23)17-6-2-1-3-7-17/h1-9,16,18H,10-13,15H2. The van der Waals surface area contributed by atoms with Crippen molar-refractivity contribution in [3.63, 3.8) is 0 Å². The number of anilines is 1. The van der Waals surface area contributed by atoms with E-state index in [1.807, 2.05) is 51.6 Å². The fourth-order valence-corrected chi connectivity index (χ4v) is 4.49. The first-order valence-electron chi connectivity index (χ1n) is 9.80. The molecule has 1 aliphatic heterocycles. The van der Waals surface area contributed by atoms with Gasteiger partial charge in [-0.2, -0.15) is 5.26 Å². The molecule has 0 amide bonds. The molecule has 2 aromatic carbocycles. The lowest BCUT2D eigenvalue weighted by atomic mass is 10.1. The zero-order chi connectivity index (χ0) is 20.9. The summed E-state index contributed by atoms with van der Waals surface area (Å²) in [4.78, 5) is 21.4. The van der Waals surface area contributed by atoms with Crippen LogP contribution in [0.1, 0.15) is 10.9 Å². The normalized spacial score (nSPS) is 15.5. The highest BCUT2D eigenvalue weighted by Gasteiger charge is 2.27. The van der Waals surface area contributed by atoms with Gasteiger partial charge in [0.1, 0.15) is 10.8 Å². The largest absolute Gasteiger partial charge is 0.367 e. The number of aromatic nitrogens is 1. The number of hydrogen-bond donors (Lipinski definition) is 0. The van der Waals surface area contributed by atoms with Crippen molar-refractivity contribution < 1.29 is 9.18 Å². The van der Waals surface area contributed by atoms with Gasteiger partial charge in [-0.15, -0.1) is 11.3 Å². The van der Waals surface area contributed by atoms with Gasteiger partial charge in [0, 0.05) is 37.1 Å². The second-order valence-electron chi connectivity index (χ2n) is 7.18. The van der Waals surface area contributed by atoms with Crippen molar-refractivity contribution in [3.8, 4) is 17.3 Å². The van der Waals surface area contributed by atoms with Gasteiger partial charge in [0.15, 0.2) is 11.7 Å². The second-order valence-corrected chi connectivity index (χ2v) is 8.07. The number of hydrogen-bond acceptors (Lipinski definition) is 6. The first-order chi connectivity index (χ1) is 14.7. The monoisotopic (exact) mass is 420 g/mol. The molecule has 1 unspecified atom stereocenters. The molecule has 7 heteroatoms. The third-order valence-electron chi connectivity index (χ3n) is 5.23. The molecule has 1 aliphatic rings. The first-order valence-corrected chi connectivity index (χ1v) is 10.7. The number of Topliss-reactive ketones (excluding diaryl/α,β-unsaturated/α-hetero) is 1. The van der Waals surface area contributed by atoms with E-state index >= 15 is 0 Å². The maximum Gasteiger partial charge on any atom is 0.170 e. The van der Waals surface area contributed by atoms with Crippen LogP contribution in [-0.4, -0.2) is 48.4 Å². The van der Waals surface area contributed by atoms with E-state index in [-0.39, 0.29) is 18.1 Å². The quantitative estimate of drug-likeness (QED) is 0.604. The zero-order valence-electron chi connectivity index (χ0n) is 16.4. The molecule has 0 bridgehead atoms. The van der Waals surface area contributed by atoms with Gasteiger partial charge in [-0.1, -0.05) is 42.5 Å². The number of thiazole rings is 1. The zero-order valence-corrected chi connectivity index (χ0v) is 17.2. The van der Waals surface area contributed by atoms with Crippen LogP contribution in [0.15, 0.2) is 60.0 Å². The predicted octanol–water partition coefficient (Wildman–Crippen LogP) is 3.95. The number of rotatable bonds is 6. The van der Waals surface area contributed by atoms with Crippen molar-refractivity contribution >= 4 is 22.8 Å². The van der Waals surface area contributed by atoms with E-state index in [1.54, 1.807) is 12.1 Å². The molecule has 0 N–H and O–H groups in total. The van der Waals surface area contributed by atoms with Crippen LogP contribution in [0.25, 0.3) is 11.3 Å². The minimum atomic E-state index is -0.864. The van der Waals surface area contributed by atoms with E-state index in [0.717, 1.165) is 11.3 Å². The molecule has 3 aromatic rings. The molecule has 5 nitrogen and oxygen atoms in total. The van der Waals surface area contributed by atoms with E-state index in [0.29, 0.717) is 36.9 Å². The fourth-order valence-electron chi connectivity index (χ4n) is 3.59. The van der Waals surface area contributed by atoms with Crippen LogP contribution in [0, 0.1) is 17.1 Å². The third kappa shape index (κ3) is 4.40. The van der Waals surface area contributed by atoms with Crippen molar-refractivity contribution in [2.45, 2.75) is 5.92 Å². The number of halogens is 1. The van der Waals surface area contributed by atoms with Crippen molar-refractivity contribution in [3.05, 3.63) is 70.8 Å². The lowest BCUT2D eigenvalue weighted by Gasteiger charge is -2.36. The highest BCUT2D eigenvalue weighted by molar-refractivity contribution is 7.10. The molecule has 0 saturated carbocycles. The molecule has 1 atom stereocenters. The van der Waals surface area contributed by atoms with Gasteiger partial charge < -0.3 is 4.90 Å². The molecule has 0 spiro atoms. The lowest BCUT2D eigenvalue weighted by Crippen LogP contribution is -2.48. The summed E-state index contributed by atoms with van der Waals surface area (Å²) in [6, 6.07) is 18.6. The maximum absolute atomic E-state index is 14.0. The van der Waals surface area contributed by atoms with Gasteiger partial charge >= 0.3 is 0 Å². The van der Waals surface area contributed by atoms with Gasteiger partial charge in [0.25, 0.3) is 0 Å². The Bertz CT molecular complexity index is 1050. The number of carbonyl (C=O) groups excluding carboxylic acids is 1. The van der Waals surface area contributed by atoms with E-state index < -0.39 is 5.92 Å². The summed E-state index contributed by atoms with van der Waals surface area (Å²) >= 11 is 1.34. The number of ketones is 1. The molecule has 4 rings (SSSR count). The van der Waals surface area contributed by atoms with Gasteiger partial charge in [-0.25, -0.2) is 9.37 Å². The van der Waals surface area contributed by atoms with Crippen molar-refractivity contribution in [2.24, 2.45) is 0 Å². The molecular weight excluding hydrogens is 399 g/mol. The van der Waals surface area contributed by atoms with E-state index in [9.17, 15) is 14.4 Å². The smallest absolute Gasteiger partial charge is 0.170 e. The molecular formula is C23H21FN4OS. The molecule has 0 aliphatic carbocycles. The van der Waals surface area contributed by atoms with Crippen LogP contribution < -0.4 is 4.90 Å². The SMILES string of the molecule is N#CC(C(=O)CN1CCN(c2ccccc2F)CC1)c1nc(-c2ccccc2)cs1. The number of nitrogens with zero attached hydrogens (tertiary/aromatic N) is 4. The van der Waals surface area contributed by atoms with Crippen LogP contribution in [0.5, 0.6) is 0 Å². The summed E-state index contributed by atoms with van der Waals surface area (Å²) in [6.07, 6.45) is 0. The van der Waals surface area contributed by atoms with Crippen LogP contribution in [-0.2, 0) is 4.79 Å². The van der Waals surface area contributed by atoms with Crippen LogP contribution >= 0.6 is 11.3 Å². The van der Waals surface area contributed by atoms with Gasteiger partial charge in [0.05, 0.1) is 24.0 Å². The summed E-state index contributed by atoms with van der Waals surface area (Å²) in [6.45, 7) is 2.77. The van der Waals surface area contributed by atoms with Gasteiger partial charge in [0.2, 0.25) is 0 Å². The van der Waals surface area contributed by atoms with E-state index in [4.69, 9.17) is 0 Å². The van der Waals surface area contributed by atoms with Crippen molar-refractivity contribution in [1.29, 1.82) is 5.26 Å². The molecule has 1 fully saturated rings. The Kier molecular flexibility index (Phi) is 6.17. The fraction of sp³-hybridized carbons (Fsp3) is 0.261. The molecule has 1 aromatic heterocycles. The molecule has 0 radical (unpaired) electrons. The minimum absolute atomic E-state index is 0.147. The summed E-state index contributed by atoms with van der Waals surface area (Å²) in [5, 5.41) is 12.0. The Labute approximate surface area is 179 Å². The highest BCUT2D eigenvalue weighted by atomic mass is 32.1. The number of carbonyl (C=O) groups is 1.